The van der Waals surface area contributed by atoms with E-state index in [2.05, 4.69) is 15.6 Å². The van der Waals surface area contributed by atoms with Gasteiger partial charge in [0.05, 0.1) is 10.6 Å². The van der Waals surface area contributed by atoms with Gasteiger partial charge in [-0.3, -0.25) is 10.1 Å². The Bertz CT molecular complexity index is 649. The third-order valence-corrected chi connectivity index (χ3v) is 2.75. The number of rotatable bonds is 6. The maximum Gasteiger partial charge on any atom is 0.311 e. The van der Waals surface area contributed by atoms with Crippen molar-refractivity contribution in [2.75, 3.05) is 17.2 Å². The number of halogens is 1. The Kier molecular flexibility index (Phi) is 4.65. The molecule has 0 amide bonds. The van der Waals surface area contributed by atoms with Crippen LogP contribution in [0, 0.1) is 15.9 Å². The Labute approximate surface area is 121 Å². The predicted octanol–water partition coefficient (Wildman–Crippen LogP) is 3.69. The van der Waals surface area contributed by atoms with Crippen molar-refractivity contribution in [1.82, 2.24) is 4.98 Å². The van der Waals surface area contributed by atoms with Crippen LogP contribution in [0.2, 0.25) is 0 Å². The number of anilines is 3. The van der Waals surface area contributed by atoms with E-state index < -0.39 is 10.7 Å². The Balaban J connectivity index is 2.34. The monoisotopic (exact) mass is 290 g/mol. The van der Waals surface area contributed by atoms with Crippen LogP contribution in [-0.2, 0) is 0 Å². The number of hydrogen-bond acceptors (Lipinski definition) is 5. The molecule has 0 aliphatic rings. The maximum atomic E-state index is 13.6. The fourth-order valence-electron chi connectivity index (χ4n) is 1.73. The lowest BCUT2D eigenvalue weighted by Gasteiger charge is -2.09. The molecule has 1 heterocycles. The van der Waals surface area contributed by atoms with Crippen molar-refractivity contribution in [1.29, 1.82) is 0 Å². The van der Waals surface area contributed by atoms with E-state index in [-0.39, 0.29) is 17.2 Å². The second-order valence-electron chi connectivity index (χ2n) is 4.35. The van der Waals surface area contributed by atoms with Crippen molar-refractivity contribution in [2.24, 2.45) is 0 Å². The second-order valence-corrected chi connectivity index (χ2v) is 4.35. The number of pyridine rings is 1. The van der Waals surface area contributed by atoms with Crippen LogP contribution in [0.25, 0.3) is 0 Å². The van der Waals surface area contributed by atoms with E-state index in [1.54, 1.807) is 12.1 Å². The van der Waals surface area contributed by atoms with Gasteiger partial charge in [-0.1, -0.05) is 19.1 Å². The molecule has 0 saturated heterocycles. The van der Waals surface area contributed by atoms with E-state index in [1.807, 2.05) is 6.92 Å². The molecule has 2 aromatic rings. The summed E-state index contributed by atoms with van der Waals surface area (Å²) in [6.07, 6.45) is 0.898. The van der Waals surface area contributed by atoms with Gasteiger partial charge in [0.15, 0.2) is 0 Å². The van der Waals surface area contributed by atoms with Crippen molar-refractivity contribution >= 4 is 23.0 Å². The number of hydrogen-bond donors (Lipinski definition) is 2. The number of nitro groups is 1. The first-order valence-electron chi connectivity index (χ1n) is 6.52. The molecule has 0 bridgehead atoms. The van der Waals surface area contributed by atoms with Crippen LogP contribution in [0.15, 0.2) is 36.4 Å². The van der Waals surface area contributed by atoms with E-state index in [1.165, 1.54) is 24.3 Å². The molecule has 2 rings (SSSR count). The van der Waals surface area contributed by atoms with Gasteiger partial charge in [-0.2, -0.15) is 0 Å². The Morgan fingerprint density at radius 1 is 1.29 bits per heavy atom. The van der Waals surface area contributed by atoms with Gasteiger partial charge in [-0.05, 0) is 24.6 Å². The summed E-state index contributed by atoms with van der Waals surface area (Å²) < 4.78 is 13.6. The van der Waals surface area contributed by atoms with Gasteiger partial charge in [0, 0.05) is 12.6 Å². The molecule has 0 fully saturated rings. The van der Waals surface area contributed by atoms with Crippen LogP contribution in [-0.4, -0.2) is 16.5 Å². The SMILES string of the molecule is CCCNc1ccc([N+](=O)[O-])c(Nc2ccccc2F)n1. The van der Waals surface area contributed by atoms with E-state index >= 15 is 0 Å². The average Bonchev–Trinajstić information content (AvgIpc) is 2.47. The smallest absolute Gasteiger partial charge is 0.311 e. The van der Waals surface area contributed by atoms with Crippen molar-refractivity contribution in [3.05, 3.63) is 52.3 Å². The van der Waals surface area contributed by atoms with Gasteiger partial charge >= 0.3 is 5.69 Å². The summed E-state index contributed by atoms with van der Waals surface area (Å²) in [5, 5.41) is 16.7. The molecule has 6 nitrogen and oxygen atoms in total. The van der Waals surface area contributed by atoms with Crippen molar-refractivity contribution < 1.29 is 9.31 Å². The predicted molar refractivity (Wildman–Crippen MR) is 79.4 cm³/mol. The van der Waals surface area contributed by atoms with Gasteiger partial charge < -0.3 is 10.6 Å². The third-order valence-electron chi connectivity index (χ3n) is 2.75. The molecule has 2 N–H and O–H groups in total. The second kappa shape index (κ2) is 6.65. The van der Waals surface area contributed by atoms with E-state index in [9.17, 15) is 14.5 Å². The summed E-state index contributed by atoms with van der Waals surface area (Å²) in [6, 6.07) is 8.81. The summed E-state index contributed by atoms with van der Waals surface area (Å²) in [6.45, 7) is 2.70. The summed E-state index contributed by atoms with van der Waals surface area (Å²) in [4.78, 5) is 14.6. The molecule has 0 radical (unpaired) electrons. The lowest BCUT2D eigenvalue weighted by molar-refractivity contribution is -0.384. The van der Waals surface area contributed by atoms with Crippen molar-refractivity contribution in [2.45, 2.75) is 13.3 Å². The average molecular weight is 290 g/mol. The first-order valence-corrected chi connectivity index (χ1v) is 6.52. The van der Waals surface area contributed by atoms with Gasteiger partial charge in [-0.25, -0.2) is 9.37 Å². The molecule has 0 aliphatic heterocycles. The fourth-order valence-corrected chi connectivity index (χ4v) is 1.73. The number of nitrogens with one attached hydrogen (secondary N) is 2. The van der Waals surface area contributed by atoms with E-state index in [4.69, 9.17) is 0 Å². The normalized spacial score (nSPS) is 10.2. The highest BCUT2D eigenvalue weighted by Gasteiger charge is 2.17. The van der Waals surface area contributed by atoms with Crippen LogP contribution < -0.4 is 10.6 Å². The minimum atomic E-state index is -0.556. The molecule has 0 atom stereocenters. The first-order chi connectivity index (χ1) is 10.1. The Hall–Kier alpha value is -2.70. The third kappa shape index (κ3) is 3.65. The molecule has 0 spiro atoms. The quantitative estimate of drug-likeness (QED) is 0.626. The van der Waals surface area contributed by atoms with Crippen LogP contribution in [0.3, 0.4) is 0 Å². The number of benzene rings is 1. The highest BCUT2D eigenvalue weighted by Crippen LogP contribution is 2.28. The zero-order chi connectivity index (χ0) is 15.2. The molecule has 1 aromatic heterocycles. The fraction of sp³-hybridized carbons (Fsp3) is 0.214. The largest absolute Gasteiger partial charge is 0.370 e. The molecule has 0 aliphatic carbocycles. The summed E-state index contributed by atoms with van der Waals surface area (Å²) >= 11 is 0. The number of para-hydroxylation sites is 1. The lowest BCUT2D eigenvalue weighted by Crippen LogP contribution is -2.06. The minimum absolute atomic E-state index is 0.00574. The molecule has 1 aromatic carbocycles. The van der Waals surface area contributed by atoms with Gasteiger partial charge in [0.2, 0.25) is 5.82 Å². The van der Waals surface area contributed by atoms with Crippen LogP contribution in [0.4, 0.5) is 27.4 Å². The van der Waals surface area contributed by atoms with Crippen LogP contribution >= 0.6 is 0 Å². The summed E-state index contributed by atoms with van der Waals surface area (Å²) in [5.74, 6) is 0.00742. The molecule has 7 heteroatoms. The van der Waals surface area contributed by atoms with Crippen molar-refractivity contribution in [3.8, 4) is 0 Å². The van der Waals surface area contributed by atoms with Gasteiger partial charge in [0.1, 0.15) is 11.6 Å². The maximum absolute atomic E-state index is 13.6. The standard InChI is InChI=1S/C14H15FN4O2/c1-2-9-16-13-8-7-12(19(20)21)14(18-13)17-11-6-4-3-5-10(11)15/h3-8H,2,9H2,1H3,(H2,16,17,18). The topological polar surface area (TPSA) is 80.1 Å². The van der Waals surface area contributed by atoms with Crippen LogP contribution in [0.5, 0.6) is 0 Å². The first kappa shape index (κ1) is 14.7. The zero-order valence-corrected chi connectivity index (χ0v) is 11.5. The molecule has 21 heavy (non-hydrogen) atoms. The summed E-state index contributed by atoms with van der Waals surface area (Å²) in [7, 11) is 0. The molecule has 110 valence electrons. The summed E-state index contributed by atoms with van der Waals surface area (Å²) in [5.41, 5.74) is -0.0685. The molecule has 0 saturated carbocycles. The lowest BCUT2D eigenvalue weighted by atomic mass is 10.3. The molecular weight excluding hydrogens is 275 g/mol. The Morgan fingerprint density at radius 2 is 2.05 bits per heavy atom. The molecule has 0 unspecified atom stereocenters. The zero-order valence-electron chi connectivity index (χ0n) is 11.5. The Morgan fingerprint density at radius 3 is 2.71 bits per heavy atom. The number of aromatic nitrogens is 1. The molecular formula is C14H15FN4O2. The van der Waals surface area contributed by atoms with Gasteiger partial charge in [0.25, 0.3) is 0 Å². The highest BCUT2D eigenvalue weighted by atomic mass is 19.1. The van der Waals surface area contributed by atoms with Gasteiger partial charge in [-0.15, -0.1) is 0 Å². The van der Waals surface area contributed by atoms with E-state index in [0.29, 0.717) is 12.4 Å². The minimum Gasteiger partial charge on any atom is -0.370 e. The highest BCUT2D eigenvalue weighted by molar-refractivity contribution is 5.67. The van der Waals surface area contributed by atoms with Crippen molar-refractivity contribution in [3.63, 3.8) is 0 Å². The van der Waals surface area contributed by atoms with E-state index in [0.717, 1.165) is 6.42 Å². The number of nitrogens with zero attached hydrogens (tertiary/aromatic N) is 2. The van der Waals surface area contributed by atoms with Crippen LogP contribution in [0.1, 0.15) is 13.3 Å².